The van der Waals surface area contributed by atoms with Crippen LogP contribution in [-0.4, -0.2) is 9.97 Å². The molecule has 1 heterocycles. The van der Waals surface area contributed by atoms with Gasteiger partial charge in [0.1, 0.15) is 5.82 Å². The molecule has 2 rings (SSSR count). The molecular formula is C13H18ClFN2. The average molecular weight is 257 g/mol. The zero-order chi connectivity index (χ0) is 12.4. The van der Waals surface area contributed by atoms with Crippen LogP contribution in [0.1, 0.15) is 56.5 Å². The highest BCUT2D eigenvalue weighted by molar-refractivity contribution is 6.29. The quantitative estimate of drug-likeness (QED) is 0.739. The first-order valence-electron chi connectivity index (χ1n) is 6.31. The fourth-order valence-corrected chi connectivity index (χ4v) is 2.78. The fraction of sp³-hybridized carbons (Fsp3) is 0.692. The molecular weight excluding hydrogens is 239 g/mol. The summed E-state index contributed by atoms with van der Waals surface area (Å²) in [6, 6.07) is 0. The highest BCUT2D eigenvalue weighted by Crippen LogP contribution is 2.36. The van der Waals surface area contributed by atoms with Gasteiger partial charge in [0.05, 0.1) is 5.69 Å². The maximum atomic E-state index is 13.3. The molecule has 1 aliphatic carbocycles. The molecule has 0 aromatic carbocycles. The standard InChI is InChI=1S/C13H18ClFN2/c1-3-9-4-6-10(7-5-9)13-16-8(2)11(15)12(14)17-13/h9-10H,3-7H2,1-2H3. The molecule has 2 nitrogen and oxygen atoms in total. The van der Waals surface area contributed by atoms with Crippen molar-refractivity contribution in [3.05, 3.63) is 22.5 Å². The van der Waals surface area contributed by atoms with Gasteiger partial charge in [-0.25, -0.2) is 14.4 Å². The normalized spacial score (nSPS) is 24.9. The summed E-state index contributed by atoms with van der Waals surface area (Å²) in [6.07, 6.45) is 5.88. The van der Waals surface area contributed by atoms with Crippen molar-refractivity contribution < 1.29 is 4.39 Å². The Bertz CT molecular complexity index is 377. The molecule has 1 aliphatic rings. The third-order valence-corrected chi connectivity index (χ3v) is 4.03. The summed E-state index contributed by atoms with van der Waals surface area (Å²) >= 11 is 5.77. The van der Waals surface area contributed by atoms with Crippen LogP contribution in [0.25, 0.3) is 0 Å². The van der Waals surface area contributed by atoms with Gasteiger partial charge in [0.25, 0.3) is 0 Å². The van der Waals surface area contributed by atoms with Crippen molar-refractivity contribution in [1.82, 2.24) is 9.97 Å². The van der Waals surface area contributed by atoms with E-state index in [1.807, 2.05) is 0 Å². The SMILES string of the molecule is CCC1CCC(c2nc(C)c(F)c(Cl)n2)CC1. The molecule has 94 valence electrons. The smallest absolute Gasteiger partial charge is 0.181 e. The monoisotopic (exact) mass is 256 g/mol. The first kappa shape index (κ1) is 12.7. The highest BCUT2D eigenvalue weighted by atomic mass is 35.5. The predicted octanol–water partition coefficient (Wildman–Crippen LogP) is 4.26. The summed E-state index contributed by atoms with van der Waals surface area (Å²) in [5, 5.41) is -0.0369. The summed E-state index contributed by atoms with van der Waals surface area (Å²) in [5.74, 6) is 1.43. The lowest BCUT2D eigenvalue weighted by Crippen LogP contribution is -2.15. The van der Waals surface area contributed by atoms with Crippen molar-refractivity contribution in [2.24, 2.45) is 5.92 Å². The number of nitrogens with zero attached hydrogens (tertiary/aromatic N) is 2. The van der Waals surface area contributed by atoms with E-state index in [1.54, 1.807) is 6.92 Å². The zero-order valence-corrected chi connectivity index (χ0v) is 11.1. The Morgan fingerprint density at radius 2 is 1.88 bits per heavy atom. The van der Waals surface area contributed by atoms with Crippen molar-refractivity contribution in [2.45, 2.75) is 51.9 Å². The number of halogens is 2. The van der Waals surface area contributed by atoms with Crippen LogP contribution in [0.2, 0.25) is 5.15 Å². The van der Waals surface area contributed by atoms with Crippen LogP contribution in [0.5, 0.6) is 0 Å². The number of hydrogen-bond acceptors (Lipinski definition) is 2. The molecule has 0 N–H and O–H groups in total. The van der Waals surface area contributed by atoms with Crippen molar-refractivity contribution >= 4 is 11.6 Å². The largest absolute Gasteiger partial charge is 0.235 e. The highest BCUT2D eigenvalue weighted by Gasteiger charge is 2.24. The van der Waals surface area contributed by atoms with Crippen molar-refractivity contribution in [3.8, 4) is 0 Å². The molecule has 0 spiro atoms. The second-order valence-electron chi connectivity index (χ2n) is 4.90. The molecule has 1 fully saturated rings. The van der Waals surface area contributed by atoms with Crippen LogP contribution in [0, 0.1) is 18.7 Å². The Balaban J connectivity index is 2.13. The van der Waals surface area contributed by atoms with Gasteiger partial charge < -0.3 is 0 Å². The first-order chi connectivity index (χ1) is 8.11. The van der Waals surface area contributed by atoms with Gasteiger partial charge in [-0.05, 0) is 38.5 Å². The molecule has 0 amide bonds. The second kappa shape index (κ2) is 5.30. The molecule has 4 heteroatoms. The number of aromatic nitrogens is 2. The van der Waals surface area contributed by atoms with Crippen molar-refractivity contribution in [3.63, 3.8) is 0 Å². The Labute approximate surface area is 107 Å². The first-order valence-corrected chi connectivity index (χ1v) is 6.69. The van der Waals surface area contributed by atoms with E-state index >= 15 is 0 Å². The number of hydrogen-bond donors (Lipinski definition) is 0. The molecule has 1 saturated carbocycles. The van der Waals surface area contributed by atoms with Gasteiger partial charge in [-0.3, -0.25) is 0 Å². The summed E-state index contributed by atoms with van der Waals surface area (Å²) in [4.78, 5) is 8.32. The Morgan fingerprint density at radius 3 is 2.41 bits per heavy atom. The lowest BCUT2D eigenvalue weighted by molar-refractivity contribution is 0.311. The van der Waals surface area contributed by atoms with E-state index in [1.165, 1.54) is 19.3 Å². The zero-order valence-electron chi connectivity index (χ0n) is 10.3. The lowest BCUT2D eigenvalue weighted by atomic mass is 9.80. The van der Waals surface area contributed by atoms with Gasteiger partial charge in [0.2, 0.25) is 0 Å². The predicted molar refractivity (Wildman–Crippen MR) is 66.7 cm³/mol. The van der Waals surface area contributed by atoms with Gasteiger partial charge in [0, 0.05) is 5.92 Å². The molecule has 0 radical (unpaired) electrons. The van der Waals surface area contributed by atoms with Crippen molar-refractivity contribution in [1.29, 1.82) is 0 Å². The molecule has 17 heavy (non-hydrogen) atoms. The summed E-state index contributed by atoms with van der Waals surface area (Å²) < 4.78 is 13.3. The summed E-state index contributed by atoms with van der Waals surface area (Å²) in [7, 11) is 0. The average Bonchev–Trinajstić information content (AvgIpc) is 2.35. The van der Waals surface area contributed by atoms with Gasteiger partial charge in [-0.1, -0.05) is 24.9 Å². The third-order valence-electron chi connectivity index (χ3n) is 3.78. The van der Waals surface area contributed by atoms with E-state index < -0.39 is 5.82 Å². The minimum absolute atomic E-state index is 0.0369. The Kier molecular flexibility index (Phi) is 3.97. The van der Waals surface area contributed by atoms with Crippen LogP contribution in [0.4, 0.5) is 4.39 Å². The second-order valence-corrected chi connectivity index (χ2v) is 5.26. The van der Waals surface area contributed by atoms with Crippen molar-refractivity contribution in [2.75, 3.05) is 0 Å². The van der Waals surface area contributed by atoms with E-state index in [4.69, 9.17) is 11.6 Å². The Hall–Kier alpha value is -0.700. The van der Waals surface area contributed by atoms with Crippen LogP contribution in [0.15, 0.2) is 0 Å². The van der Waals surface area contributed by atoms with E-state index in [-0.39, 0.29) is 5.15 Å². The van der Waals surface area contributed by atoms with Gasteiger partial charge >= 0.3 is 0 Å². The van der Waals surface area contributed by atoms with Crippen LogP contribution >= 0.6 is 11.6 Å². The molecule has 0 bridgehead atoms. The summed E-state index contributed by atoms with van der Waals surface area (Å²) in [5.41, 5.74) is 0.359. The minimum atomic E-state index is -0.488. The molecule has 1 aromatic heterocycles. The van der Waals surface area contributed by atoms with E-state index in [2.05, 4.69) is 16.9 Å². The van der Waals surface area contributed by atoms with Crippen LogP contribution in [-0.2, 0) is 0 Å². The van der Waals surface area contributed by atoms with E-state index in [0.29, 0.717) is 11.6 Å². The van der Waals surface area contributed by atoms with Gasteiger partial charge in [-0.2, -0.15) is 0 Å². The maximum absolute atomic E-state index is 13.3. The number of aryl methyl sites for hydroxylation is 1. The molecule has 1 aromatic rings. The molecule has 0 saturated heterocycles. The van der Waals surface area contributed by atoms with Crippen LogP contribution in [0.3, 0.4) is 0 Å². The van der Waals surface area contributed by atoms with Crippen LogP contribution < -0.4 is 0 Å². The third kappa shape index (κ3) is 2.76. The van der Waals surface area contributed by atoms with E-state index in [0.717, 1.165) is 24.6 Å². The minimum Gasteiger partial charge on any atom is -0.235 e. The number of rotatable bonds is 2. The summed E-state index contributed by atoms with van der Waals surface area (Å²) in [6.45, 7) is 3.88. The molecule has 0 atom stereocenters. The topological polar surface area (TPSA) is 25.8 Å². The maximum Gasteiger partial charge on any atom is 0.181 e. The van der Waals surface area contributed by atoms with E-state index in [9.17, 15) is 4.39 Å². The Morgan fingerprint density at radius 1 is 1.24 bits per heavy atom. The lowest BCUT2D eigenvalue weighted by Gasteiger charge is -2.26. The molecule has 0 unspecified atom stereocenters. The molecule has 0 aliphatic heterocycles. The van der Waals surface area contributed by atoms with Gasteiger partial charge in [-0.15, -0.1) is 0 Å². The van der Waals surface area contributed by atoms with Gasteiger partial charge in [0.15, 0.2) is 11.0 Å². The fourth-order valence-electron chi connectivity index (χ4n) is 2.56.